The van der Waals surface area contributed by atoms with Crippen molar-refractivity contribution >= 4 is 5.91 Å². The summed E-state index contributed by atoms with van der Waals surface area (Å²) in [5.74, 6) is 1.10. The van der Waals surface area contributed by atoms with E-state index in [1.54, 1.807) is 7.11 Å². The molecule has 1 amide bonds. The van der Waals surface area contributed by atoms with Gasteiger partial charge in [0.25, 0.3) is 0 Å². The zero-order valence-corrected chi connectivity index (χ0v) is 16.3. The third-order valence-electron chi connectivity index (χ3n) is 5.26. The maximum atomic E-state index is 12.9. The molecule has 0 N–H and O–H groups in total. The van der Waals surface area contributed by atoms with Crippen molar-refractivity contribution in [3.63, 3.8) is 0 Å². The van der Waals surface area contributed by atoms with Gasteiger partial charge in [0.15, 0.2) is 0 Å². The second-order valence-corrected chi connectivity index (χ2v) is 7.10. The lowest BCUT2D eigenvalue weighted by atomic mass is 10.1. The van der Waals surface area contributed by atoms with E-state index in [9.17, 15) is 4.79 Å². The highest BCUT2D eigenvalue weighted by atomic mass is 16.5. The molecule has 0 saturated carbocycles. The minimum atomic E-state index is -0.150. The summed E-state index contributed by atoms with van der Waals surface area (Å²) in [5, 5.41) is 0. The number of hydrogen-bond donors (Lipinski definition) is 0. The molecule has 1 aliphatic heterocycles. The highest BCUT2D eigenvalue weighted by Gasteiger charge is 2.27. The molecule has 0 radical (unpaired) electrons. The average Bonchev–Trinajstić information content (AvgIpc) is 3.26. The molecule has 1 aromatic carbocycles. The molecule has 5 nitrogen and oxygen atoms in total. The van der Waals surface area contributed by atoms with Gasteiger partial charge in [0.1, 0.15) is 5.75 Å². The SMILES string of the molecule is COc1ccc(CCN(Cc2ccccn2)[C@@H](C)C(=O)N2CCCC2)cc1. The summed E-state index contributed by atoms with van der Waals surface area (Å²) in [6, 6.07) is 13.9. The van der Waals surface area contributed by atoms with E-state index in [2.05, 4.69) is 22.0 Å². The molecule has 2 aromatic rings. The Hall–Kier alpha value is -2.40. The second-order valence-electron chi connectivity index (χ2n) is 7.10. The van der Waals surface area contributed by atoms with E-state index >= 15 is 0 Å². The molecule has 27 heavy (non-hydrogen) atoms. The maximum absolute atomic E-state index is 12.9. The van der Waals surface area contributed by atoms with Crippen LogP contribution in [-0.4, -0.2) is 53.5 Å². The van der Waals surface area contributed by atoms with Crippen LogP contribution in [0.3, 0.4) is 0 Å². The number of rotatable bonds is 8. The number of pyridine rings is 1. The predicted molar refractivity (Wildman–Crippen MR) is 107 cm³/mol. The summed E-state index contributed by atoms with van der Waals surface area (Å²) in [4.78, 5) is 21.6. The van der Waals surface area contributed by atoms with Gasteiger partial charge in [-0.25, -0.2) is 0 Å². The van der Waals surface area contributed by atoms with Gasteiger partial charge in [-0.15, -0.1) is 0 Å². The first-order chi connectivity index (χ1) is 13.2. The van der Waals surface area contributed by atoms with E-state index in [4.69, 9.17) is 4.74 Å². The number of hydrogen-bond acceptors (Lipinski definition) is 4. The molecule has 2 heterocycles. The van der Waals surface area contributed by atoms with Gasteiger partial charge in [0, 0.05) is 32.4 Å². The van der Waals surface area contributed by atoms with Crippen LogP contribution in [0.1, 0.15) is 31.0 Å². The molecule has 5 heteroatoms. The number of amides is 1. The molecule has 1 atom stereocenters. The van der Waals surface area contributed by atoms with E-state index in [-0.39, 0.29) is 11.9 Å². The second kappa shape index (κ2) is 9.51. The first kappa shape index (κ1) is 19.4. The Balaban J connectivity index is 1.68. The van der Waals surface area contributed by atoms with Crippen molar-refractivity contribution in [1.29, 1.82) is 0 Å². The lowest BCUT2D eigenvalue weighted by Gasteiger charge is -2.31. The average molecular weight is 367 g/mol. The van der Waals surface area contributed by atoms with Crippen molar-refractivity contribution in [2.24, 2.45) is 0 Å². The fourth-order valence-electron chi connectivity index (χ4n) is 3.53. The Bertz CT molecular complexity index is 712. The van der Waals surface area contributed by atoms with Crippen LogP contribution in [0.5, 0.6) is 5.75 Å². The van der Waals surface area contributed by atoms with Crippen molar-refractivity contribution in [2.75, 3.05) is 26.7 Å². The summed E-state index contributed by atoms with van der Waals surface area (Å²) in [6.07, 6.45) is 4.92. The van der Waals surface area contributed by atoms with Crippen LogP contribution in [0.15, 0.2) is 48.7 Å². The van der Waals surface area contributed by atoms with Crippen molar-refractivity contribution < 1.29 is 9.53 Å². The number of nitrogens with zero attached hydrogens (tertiary/aromatic N) is 3. The molecule has 1 saturated heterocycles. The lowest BCUT2D eigenvalue weighted by Crippen LogP contribution is -2.46. The van der Waals surface area contributed by atoms with E-state index in [0.29, 0.717) is 6.54 Å². The van der Waals surface area contributed by atoms with Gasteiger partial charge in [0.2, 0.25) is 5.91 Å². The molecule has 1 fully saturated rings. The van der Waals surface area contributed by atoms with Gasteiger partial charge in [-0.1, -0.05) is 18.2 Å². The zero-order chi connectivity index (χ0) is 19.1. The summed E-state index contributed by atoms with van der Waals surface area (Å²) < 4.78 is 5.23. The Morgan fingerprint density at radius 3 is 2.56 bits per heavy atom. The van der Waals surface area contributed by atoms with E-state index in [1.807, 2.05) is 48.4 Å². The van der Waals surface area contributed by atoms with Gasteiger partial charge >= 0.3 is 0 Å². The Morgan fingerprint density at radius 2 is 1.93 bits per heavy atom. The highest BCUT2D eigenvalue weighted by Crippen LogP contribution is 2.16. The number of ether oxygens (including phenoxy) is 1. The van der Waals surface area contributed by atoms with Crippen LogP contribution in [0.2, 0.25) is 0 Å². The van der Waals surface area contributed by atoms with Crippen LogP contribution in [-0.2, 0) is 17.8 Å². The summed E-state index contributed by atoms with van der Waals surface area (Å²) in [6.45, 7) is 5.29. The molecule has 0 bridgehead atoms. The molecule has 0 aliphatic carbocycles. The third kappa shape index (κ3) is 5.30. The largest absolute Gasteiger partial charge is 0.497 e. The molecule has 1 aliphatic rings. The highest BCUT2D eigenvalue weighted by molar-refractivity contribution is 5.81. The van der Waals surface area contributed by atoms with Crippen LogP contribution in [0.25, 0.3) is 0 Å². The number of likely N-dealkylation sites (tertiary alicyclic amines) is 1. The standard InChI is InChI=1S/C22H29N3O2/c1-18(22(26)24-14-5-6-15-24)25(17-20-7-3-4-13-23-20)16-12-19-8-10-21(27-2)11-9-19/h3-4,7-11,13,18H,5-6,12,14-17H2,1-2H3/t18-/m0/s1. The quantitative estimate of drug-likeness (QED) is 0.719. The Morgan fingerprint density at radius 1 is 1.19 bits per heavy atom. The van der Waals surface area contributed by atoms with E-state index < -0.39 is 0 Å². The van der Waals surface area contributed by atoms with E-state index in [0.717, 1.165) is 50.3 Å². The van der Waals surface area contributed by atoms with Crippen LogP contribution in [0.4, 0.5) is 0 Å². The number of carbonyl (C=O) groups excluding carboxylic acids is 1. The van der Waals surface area contributed by atoms with Crippen LogP contribution < -0.4 is 4.74 Å². The molecule has 0 unspecified atom stereocenters. The van der Waals surface area contributed by atoms with E-state index in [1.165, 1.54) is 5.56 Å². The zero-order valence-electron chi connectivity index (χ0n) is 16.3. The number of carbonyl (C=O) groups is 1. The molecule has 144 valence electrons. The molecular weight excluding hydrogens is 338 g/mol. The summed E-state index contributed by atoms with van der Waals surface area (Å²) >= 11 is 0. The summed E-state index contributed by atoms with van der Waals surface area (Å²) in [7, 11) is 1.68. The smallest absolute Gasteiger partial charge is 0.239 e. The van der Waals surface area contributed by atoms with Crippen molar-refractivity contribution in [3.8, 4) is 5.75 Å². The predicted octanol–water partition coefficient (Wildman–Crippen LogP) is 3.15. The number of benzene rings is 1. The fourth-order valence-corrected chi connectivity index (χ4v) is 3.53. The topological polar surface area (TPSA) is 45.7 Å². The fraction of sp³-hybridized carbons (Fsp3) is 0.455. The minimum Gasteiger partial charge on any atom is -0.497 e. The molecule has 3 rings (SSSR count). The minimum absolute atomic E-state index is 0.150. The lowest BCUT2D eigenvalue weighted by molar-refractivity contribution is -0.135. The van der Waals surface area contributed by atoms with Gasteiger partial charge < -0.3 is 9.64 Å². The molecule has 1 aromatic heterocycles. The van der Waals surface area contributed by atoms with Crippen LogP contribution in [0, 0.1) is 0 Å². The Kier molecular flexibility index (Phi) is 6.82. The maximum Gasteiger partial charge on any atom is 0.239 e. The monoisotopic (exact) mass is 367 g/mol. The van der Waals surface area contributed by atoms with Gasteiger partial charge in [-0.3, -0.25) is 14.7 Å². The van der Waals surface area contributed by atoms with Gasteiger partial charge in [-0.05, 0) is 56.0 Å². The number of methoxy groups -OCH3 is 1. The number of aromatic nitrogens is 1. The normalized spacial score (nSPS) is 15.1. The Labute approximate surface area is 162 Å². The first-order valence-corrected chi connectivity index (χ1v) is 9.73. The van der Waals surface area contributed by atoms with Crippen molar-refractivity contribution in [2.45, 2.75) is 38.8 Å². The third-order valence-corrected chi connectivity index (χ3v) is 5.26. The first-order valence-electron chi connectivity index (χ1n) is 9.73. The summed E-state index contributed by atoms with van der Waals surface area (Å²) in [5.41, 5.74) is 2.23. The van der Waals surface area contributed by atoms with Crippen molar-refractivity contribution in [3.05, 3.63) is 59.9 Å². The molecular formula is C22H29N3O2. The van der Waals surface area contributed by atoms with Crippen molar-refractivity contribution in [1.82, 2.24) is 14.8 Å². The van der Waals surface area contributed by atoms with Gasteiger partial charge in [0.05, 0.1) is 18.8 Å². The van der Waals surface area contributed by atoms with Crippen LogP contribution >= 0.6 is 0 Å². The van der Waals surface area contributed by atoms with Gasteiger partial charge in [-0.2, -0.15) is 0 Å². The molecule has 0 spiro atoms.